The highest BCUT2D eigenvalue weighted by Crippen LogP contribution is 2.32. The summed E-state index contributed by atoms with van der Waals surface area (Å²) < 4.78 is 6.01. The molecule has 0 saturated carbocycles. The van der Waals surface area contributed by atoms with Crippen LogP contribution in [-0.2, 0) is 11.2 Å². The van der Waals surface area contributed by atoms with E-state index in [1.54, 1.807) is 0 Å². The molecule has 31 heavy (non-hydrogen) atoms. The van der Waals surface area contributed by atoms with Crippen molar-refractivity contribution in [3.8, 4) is 34.0 Å². The van der Waals surface area contributed by atoms with Crippen LogP contribution in [-0.4, -0.2) is 27.3 Å². The molecule has 0 amide bonds. The zero-order valence-corrected chi connectivity index (χ0v) is 17.2. The third kappa shape index (κ3) is 4.54. The number of hydrogen-bond donors (Lipinski definition) is 2. The molecule has 4 aromatic rings. The second kappa shape index (κ2) is 8.93. The number of hydrogen-bond acceptors (Lipinski definition) is 5. The number of carboxylic acid groups (broad SMARTS) is 1. The number of carboxylic acids is 1. The summed E-state index contributed by atoms with van der Waals surface area (Å²) in [4.78, 5) is 10.9. The fourth-order valence-electron chi connectivity index (χ4n) is 3.55. The van der Waals surface area contributed by atoms with Crippen LogP contribution in [0.3, 0.4) is 0 Å². The van der Waals surface area contributed by atoms with Crippen molar-refractivity contribution in [2.45, 2.75) is 25.8 Å². The van der Waals surface area contributed by atoms with E-state index < -0.39 is 12.0 Å². The standard InChI is InChI=1S/C25H23N3O3/c1-16-20(18-8-3-2-4-9-18)11-6-12-21(16)24-28-27-23(31-24)19-10-5-7-17(15-19)13-14-22(26)25(29)30/h2-12,15,22H,13-14,26H2,1H3,(H,29,30)/t22-/m0/s1. The number of nitrogens with zero attached hydrogens (tertiary/aromatic N) is 2. The largest absolute Gasteiger partial charge is 0.480 e. The zero-order chi connectivity index (χ0) is 21.8. The van der Waals surface area contributed by atoms with Gasteiger partial charge in [-0.15, -0.1) is 10.2 Å². The van der Waals surface area contributed by atoms with Gasteiger partial charge in [-0.25, -0.2) is 0 Å². The predicted octanol–water partition coefficient (Wildman–Crippen LogP) is 4.72. The molecular formula is C25H23N3O3. The average molecular weight is 413 g/mol. The van der Waals surface area contributed by atoms with Crippen molar-refractivity contribution >= 4 is 5.97 Å². The van der Waals surface area contributed by atoms with Gasteiger partial charge in [0.2, 0.25) is 11.8 Å². The first-order valence-electron chi connectivity index (χ1n) is 10.1. The average Bonchev–Trinajstić information content (AvgIpc) is 3.28. The minimum absolute atomic E-state index is 0.360. The van der Waals surface area contributed by atoms with Gasteiger partial charge in [-0.05, 0) is 60.2 Å². The van der Waals surface area contributed by atoms with Gasteiger partial charge in [0.1, 0.15) is 6.04 Å². The van der Waals surface area contributed by atoms with E-state index in [2.05, 4.69) is 28.4 Å². The highest BCUT2D eigenvalue weighted by atomic mass is 16.4. The van der Waals surface area contributed by atoms with Crippen LogP contribution in [0.15, 0.2) is 77.2 Å². The van der Waals surface area contributed by atoms with Crippen molar-refractivity contribution in [3.63, 3.8) is 0 Å². The van der Waals surface area contributed by atoms with Gasteiger partial charge < -0.3 is 15.3 Å². The van der Waals surface area contributed by atoms with Crippen molar-refractivity contribution in [1.29, 1.82) is 0 Å². The molecule has 0 spiro atoms. The Kier molecular flexibility index (Phi) is 5.91. The molecule has 1 atom stereocenters. The summed E-state index contributed by atoms with van der Waals surface area (Å²) in [6.45, 7) is 2.05. The van der Waals surface area contributed by atoms with E-state index in [1.807, 2.05) is 61.5 Å². The molecule has 0 saturated heterocycles. The predicted molar refractivity (Wildman–Crippen MR) is 119 cm³/mol. The molecule has 0 aliphatic heterocycles. The first-order valence-corrected chi connectivity index (χ1v) is 10.1. The Labute approximate surface area is 180 Å². The summed E-state index contributed by atoms with van der Waals surface area (Å²) in [6, 6.07) is 23.0. The second-order valence-corrected chi connectivity index (χ2v) is 7.44. The van der Waals surface area contributed by atoms with E-state index in [1.165, 1.54) is 0 Å². The summed E-state index contributed by atoms with van der Waals surface area (Å²) in [7, 11) is 0. The number of aryl methyl sites for hydroxylation is 1. The lowest BCUT2D eigenvalue weighted by Crippen LogP contribution is -2.30. The lowest BCUT2D eigenvalue weighted by Gasteiger charge is -2.09. The fraction of sp³-hybridized carbons (Fsp3) is 0.160. The topological polar surface area (TPSA) is 102 Å². The smallest absolute Gasteiger partial charge is 0.320 e. The maximum Gasteiger partial charge on any atom is 0.320 e. The fourth-order valence-corrected chi connectivity index (χ4v) is 3.55. The molecule has 3 aromatic carbocycles. The van der Waals surface area contributed by atoms with Gasteiger partial charge in [0, 0.05) is 11.1 Å². The first kappa shape index (κ1) is 20.5. The van der Waals surface area contributed by atoms with Crippen LogP contribution in [0.1, 0.15) is 17.5 Å². The van der Waals surface area contributed by atoms with Crippen molar-refractivity contribution in [2.24, 2.45) is 5.73 Å². The molecule has 156 valence electrons. The Balaban J connectivity index is 1.60. The van der Waals surface area contributed by atoms with Crippen molar-refractivity contribution in [1.82, 2.24) is 10.2 Å². The SMILES string of the molecule is Cc1c(-c2ccccc2)cccc1-c1nnc(-c2cccc(CC[C@H](N)C(=O)O)c2)o1. The molecule has 6 nitrogen and oxygen atoms in total. The summed E-state index contributed by atoms with van der Waals surface area (Å²) in [5.74, 6) is -0.113. The first-order chi connectivity index (χ1) is 15.0. The molecule has 1 aromatic heterocycles. The maximum atomic E-state index is 10.9. The zero-order valence-electron chi connectivity index (χ0n) is 17.2. The minimum Gasteiger partial charge on any atom is -0.480 e. The quantitative estimate of drug-likeness (QED) is 0.454. The van der Waals surface area contributed by atoms with E-state index in [0.717, 1.165) is 33.4 Å². The van der Waals surface area contributed by atoms with Crippen molar-refractivity contribution in [3.05, 3.63) is 83.9 Å². The Bertz CT molecular complexity index is 1200. The van der Waals surface area contributed by atoms with Crippen LogP contribution in [0.25, 0.3) is 34.0 Å². The monoisotopic (exact) mass is 413 g/mol. The summed E-state index contributed by atoms with van der Waals surface area (Å²) in [5, 5.41) is 17.5. The second-order valence-electron chi connectivity index (χ2n) is 7.44. The van der Waals surface area contributed by atoms with Gasteiger partial charge >= 0.3 is 5.97 Å². The lowest BCUT2D eigenvalue weighted by atomic mass is 9.96. The molecule has 0 unspecified atom stereocenters. The van der Waals surface area contributed by atoms with Crippen LogP contribution >= 0.6 is 0 Å². The highest BCUT2D eigenvalue weighted by molar-refractivity contribution is 5.75. The van der Waals surface area contributed by atoms with E-state index in [-0.39, 0.29) is 0 Å². The Morgan fingerprint density at radius 2 is 1.61 bits per heavy atom. The molecule has 6 heteroatoms. The molecule has 0 fully saturated rings. The number of benzene rings is 3. The maximum absolute atomic E-state index is 10.9. The molecule has 0 aliphatic rings. The van der Waals surface area contributed by atoms with Crippen molar-refractivity contribution in [2.75, 3.05) is 0 Å². The summed E-state index contributed by atoms with van der Waals surface area (Å²) >= 11 is 0. The third-order valence-corrected chi connectivity index (χ3v) is 5.31. The third-order valence-electron chi connectivity index (χ3n) is 5.31. The Hall–Kier alpha value is -3.77. The number of nitrogens with two attached hydrogens (primary N) is 1. The van der Waals surface area contributed by atoms with E-state index >= 15 is 0 Å². The normalized spacial score (nSPS) is 11.9. The van der Waals surface area contributed by atoms with Crippen molar-refractivity contribution < 1.29 is 14.3 Å². The van der Waals surface area contributed by atoms with Gasteiger partial charge in [0.25, 0.3) is 0 Å². The number of rotatable bonds is 7. The molecular weight excluding hydrogens is 390 g/mol. The Morgan fingerprint density at radius 1 is 0.935 bits per heavy atom. The summed E-state index contributed by atoms with van der Waals surface area (Å²) in [6.07, 6.45) is 0.917. The van der Waals surface area contributed by atoms with Crippen LogP contribution in [0, 0.1) is 6.92 Å². The molecule has 0 aliphatic carbocycles. The van der Waals surface area contributed by atoms with Crippen LogP contribution in [0.5, 0.6) is 0 Å². The van der Waals surface area contributed by atoms with Gasteiger partial charge in [-0.3, -0.25) is 4.79 Å². The van der Waals surface area contributed by atoms with Gasteiger partial charge in [-0.1, -0.05) is 54.6 Å². The number of carbonyl (C=O) groups is 1. The highest BCUT2D eigenvalue weighted by Gasteiger charge is 2.16. The Morgan fingerprint density at radius 3 is 2.39 bits per heavy atom. The van der Waals surface area contributed by atoms with E-state index in [0.29, 0.717) is 24.6 Å². The number of aromatic nitrogens is 2. The summed E-state index contributed by atoms with van der Waals surface area (Å²) in [5.41, 5.74) is 11.6. The number of aliphatic carboxylic acids is 1. The van der Waals surface area contributed by atoms with E-state index in [4.69, 9.17) is 15.3 Å². The van der Waals surface area contributed by atoms with Gasteiger partial charge in [0.15, 0.2) is 0 Å². The molecule has 1 heterocycles. The molecule has 4 rings (SSSR count). The van der Waals surface area contributed by atoms with E-state index in [9.17, 15) is 4.79 Å². The molecule has 3 N–H and O–H groups in total. The molecule has 0 bridgehead atoms. The molecule has 0 radical (unpaired) electrons. The minimum atomic E-state index is -0.995. The van der Waals surface area contributed by atoms with Crippen LogP contribution < -0.4 is 5.73 Å². The van der Waals surface area contributed by atoms with Crippen LogP contribution in [0.4, 0.5) is 0 Å². The lowest BCUT2D eigenvalue weighted by molar-refractivity contribution is -0.138. The van der Waals surface area contributed by atoms with Crippen LogP contribution in [0.2, 0.25) is 0 Å². The van der Waals surface area contributed by atoms with Gasteiger partial charge in [0.05, 0.1) is 0 Å². The van der Waals surface area contributed by atoms with Gasteiger partial charge in [-0.2, -0.15) is 0 Å².